The Morgan fingerprint density at radius 1 is 0.917 bits per heavy atom. The average Bonchev–Trinajstić information content (AvgIpc) is 3.43. The van der Waals surface area contributed by atoms with Crippen LogP contribution in [0.4, 0.5) is 10.1 Å². The monoisotopic (exact) mass is 324 g/mol. The number of benzene rings is 2. The van der Waals surface area contributed by atoms with Gasteiger partial charge in [0.05, 0.1) is 5.69 Å². The molecule has 1 heterocycles. The van der Waals surface area contributed by atoms with Gasteiger partial charge in [-0.1, -0.05) is 42.5 Å². The van der Waals surface area contributed by atoms with Crippen LogP contribution in [-0.4, -0.2) is 37.0 Å². The maximum Gasteiger partial charge on any atom is 0.226 e. The number of para-hydroxylation sites is 1. The van der Waals surface area contributed by atoms with Crippen LogP contribution in [0.5, 0.6) is 0 Å². The van der Waals surface area contributed by atoms with Crippen LogP contribution >= 0.6 is 0 Å². The molecule has 0 radical (unpaired) electrons. The van der Waals surface area contributed by atoms with Crippen LogP contribution in [-0.2, 0) is 4.79 Å². The highest BCUT2D eigenvalue weighted by Crippen LogP contribution is 2.48. The van der Waals surface area contributed by atoms with Crippen molar-refractivity contribution in [3.8, 4) is 0 Å². The van der Waals surface area contributed by atoms with E-state index in [2.05, 4.69) is 12.1 Å². The zero-order chi connectivity index (χ0) is 16.5. The van der Waals surface area contributed by atoms with E-state index < -0.39 is 0 Å². The number of hydrogen-bond donors (Lipinski definition) is 0. The fraction of sp³-hybridized carbons (Fsp3) is 0.350. The normalized spacial score (nSPS) is 23.2. The molecule has 1 amide bonds. The molecule has 24 heavy (non-hydrogen) atoms. The summed E-state index contributed by atoms with van der Waals surface area (Å²) in [6.07, 6.45) is 0.955. The van der Waals surface area contributed by atoms with E-state index in [1.165, 1.54) is 11.6 Å². The highest BCUT2D eigenvalue weighted by Gasteiger charge is 2.46. The Hall–Kier alpha value is -2.36. The predicted octanol–water partition coefficient (Wildman–Crippen LogP) is 3.28. The quantitative estimate of drug-likeness (QED) is 0.865. The molecule has 2 aliphatic rings. The Morgan fingerprint density at radius 2 is 1.58 bits per heavy atom. The molecule has 2 atom stereocenters. The molecule has 1 saturated heterocycles. The summed E-state index contributed by atoms with van der Waals surface area (Å²) in [6, 6.07) is 17.1. The molecule has 2 aromatic carbocycles. The van der Waals surface area contributed by atoms with Crippen LogP contribution < -0.4 is 4.90 Å². The standard InChI is InChI=1S/C20H21FN2O/c21-18-8-4-5-9-19(18)22-10-12-23(13-11-22)20(24)17-14-16(17)15-6-2-1-3-7-15/h1-9,16-17H,10-14H2/t16-,17-/m1/s1. The fourth-order valence-corrected chi connectivity index (χ4v) is 3.65. The first-order valence-corrected chi connectivity index (χ1v) is 8.57. The summed E-state index contributed by atoms with van der Waals surface area (Å²) in [6.45, 7) is 2.72. The summed E-state index contributed by atoms with van der Waals surface area (Å²) in [4.78, 5) is 16.7. The van der Waals surface area contributed by atoms with Crippen LogP contribution in [0.1, 0.15) is 17.9 Å². The second kappa shape index (κ2) is 6.27. The second-order valence-corrected chi connectivity index (χ2v) is 6.62. The van der Waals surface area contributed by atoms with Gasteiger partial charge in [-0.15, -0.1) is 0 Å². The molecule has 0 unspecified atom stereocenters. The molecule has 0 N–H and O–H groups in total. The van der Waals surface area contributed by atoms with E-state index in [1.807, 2.05) is 34.1 Å². The van der Waals surface area contributed by atoms with Crippen molar-refractivity contribution in [2.45, 2.75) is 12.3 Å². The predicted molar refractivity (Wildman–Crippen MR) is 92.5 cm³/mol. The molecule has 2 fully saturated rings. The summed E-state index contributed by atoms with van der Waals surface area (Å²) in [5.41, 5.74) is 1.90. The van der Waals surface area contributed by atoms with Crippen molar-refractivity contribution < 1.29 is 9.18 Å². The summed E-state index contributed by atoms with van der Waals surface area (Å²) >= 11 is 0. The van der Waals surface area contributed by atoms with Gasteiger partial charge in [-0.2, -0.15) is 0 Å². The van der Waals surface area contributed by atoms with Crippen molar-refractivity contribution in [3.05, 3.63) is 66.0 Å². The molecule has 0 spiro atoms. The van der Waals surface area contributed by atoms with Gasteiger partial charge in [0, 0.05) is 32.1 Å². The first-order chi connectivity index (χ1) is 11.7. The number of amides is 1. The van der Waals surface area contributed by atoms with Crippen molar-refractivity contribution in [1.82, 2.24) is 4.90 Å². The lowest BCUT2D eigenvalue weighted by Crippen LogP contribution is -2.49. The van der Waals surface area contributed by atoms with E-state index in [4.69, 9.17) is 0 Å². The van der Waals surface area contributed by atoms with Gasteiger partial charge in [-0.25, -0.2) is 4.39 Å². The second-order valence-electron chi connectivity index (χ2n) is 6.62. The zero-order valence-electron chi connectivity index (χ0n) is 13.6. The molecule has 0 aromatic heterocycles. The van der Waals surface area contributed by atoms with Crippen LogP contribution in [0, 0.1) is 11.7 Å². The smallest absolute Gasteiger partial charge is 0.226 e. The highest BCUT2D eigenvalue weighted by atomic mass is 19.1. The van der Waals surface area contributed by atoms with Crippen LogP contribution in [0.15, 0.2) is 54.6 Å². The first kappa shape index (κ1) is 15.2. The van der Waals surface area contributed by atoms with Gasteiger partial charge in [0.2, 0.25) is 5.91 Å². The number of nitrogens with zero attached hydrogens (tertiary/aromatic N) is 2. The summed E-state index contributed by atoms with van der Waals surface area (Å²) < 4.78 is 13.9. The molecule has 124 valence electrons. The van der Waals surface area contributed by atoms with Gasteiger partial charge in [0.1, 0.15) is 5.82 Å². The molecular weight excluding hydrogens is 303 g/mol. The third-order valence-electron chi connectivity index (χ3n) is 5.12. The topological polar surface area (TPSA) is 23.6 Å². The van der Waals surface area contributed by atoms with E-state index in [-0.39, 0.29) is 17.6 Å². The zero-order valence-corrected chi connectivity index (χ0v) is 13.6. The largest absolute Gasteiger partial charge is 0.366 e. The van der Waals surface area contributed by atoms with Crippen LogP contribution in [0.25, 0.3) is 0 Å². The first-order valence-electron chi connectivity index (χ1n) is 8.57. The lowest BCUT2D eigenvalue weighted by molar-refractivity contribution is -0.132. The van der Waals surface area contributed by atoms with E-state index in [9.17, 15) is 9.18 Å². The lowest BCUT2D eigenvalue weighted by Gasteiger charge is -2.36. The Morgan fingerprint density at radius 3 is 2.29 bits per heavy atom. The third-order valence-corrected chi connectivity index (χ3v) is 5.12. The van der Waals surface area contributed by atoms with Gasteiger partial charge in [0.25, 0.3) is 0 Å². The molecule has 1 aliphatic heterocycles. The van der Waals surface area contributed by atoms with E-state index in [0.29, 0.717) is 37.8 Å². The Balaban J connectivity index is 1.35. The maximum atomic E-state index is 13.9. The van der Waals surface area contributed by atoms with Gasteiger partial charge in [-0.3, -0.25) is 4.79 Å². The number of halogens is 1. The molecular formula is C20H21FN2O. The Labute approximate surface area is 141 Å². The summed E-state index contributed by atoms with van der Waals surface area (Å²) in [7, 11) is 0. The number of carbonyl (C=O) groups excluding carboxylic acids is 1. The summed E-state index contributed by atoms with van der Waals surface area (Å²) in [5.74, 6) is 0.580. The van der Waals surface area contributed by atoms with E-state index in [1.54, 1.807) is 12.1 Å². The highest BCUT2D eigenvalue weighted by molar-refractivity contribution is 5.83. The molecule has 4 rings (SSSR count). The molecule has 3 nitrogen and oxygen atoms in total. The maximum absolute atomic E-state index is 13.9. The van der Waals surface area contributed by atoms with Gasteiger partial charge in [-0.05, 0) is 30.0 Å². The summed E-state index contributed by atoms with van der Waals surface area (Å²) in [5, 5.41) is 0. The number of piperazine rings is 1. The minimum absolute atomic E-state index is 0.132. The van der Waals surface area contributed by atoms with E-state index in [0.717, 1.165) is 6.42 Å². The number of anilines is 1. The molecule has 0 bridgehead atoms. The molecule has 2 aromatic rings. The fourth-order valence-electron chi connectivity index (χ4n) is 3.65. The number of carbonyl (C=O) groups is 1. The van der Waals surface area contributed by atoms with Gasteiger partial charge < -0.3 is 9.80 Å². The van der Waals surface area contributed by atoms with Crippen LogP contribution in [0.2, 0.25) is 0 Å². The van der Waals surface area contributed by atoms with Crippen molar-refractivity contribution >= 4 is 11.6 Å². The molecule has 1 saturated carbocycles. The van der Waals surface area contributed by atoms with E-state index >= 15 is 0 Å². The minimum atomic E-state index is -0.191. The molecule has 1 aliphatic carbocycles. The van der Waals surface area contributed by atoms with Crippen molar-refractivity contribution in [2.24, 2.45) is 5.92 Å². The Bertz CT molecular complexity index is 725. The van der Waals surface area contributed by atoms with Gasteiger partial charge >= 0.3 is 0 Å². The van der Waals surface area contributed by atoms with Gasteiger partial charge in [0.15, 0.2) is 0 Å². The lowest BCUT2D eigenvalue weighted by atomic mass is 10.1. The molecule has 4 heteroatoms. The Kier molecular flexibility index (Phi) is 3.97. The minimum Gasteiger partial charge on any atom is -0.366 e. The SMILES string of the molecule is O=C([C@@H]1C[C@@H]1c1ccccc1)N1CCN(c2ccccc2F)CC1. The van der Waals surface area contributed by atoms with Crippen molar-refractivity contribution in [2.75, 3.05) is 31.1 Å². The average molecular weight is 324 g/mol. The van der Waals surface area contributed by atoms with Crippen LogP contribution in [0.3, 0.4) is 0 Å². The number of hydrogen-bond acceptors (Lipinski definition) is 2. The number of rotatable bonds is 3. The third kappa shape index (κ3) is 2.88. The van der Waals surface area contributed by atoms with Crippen molar-refractivity contribution in [1.29, 1.82) is 0 Å². The van der Waals surface area contributed by atoms with Crippen molar-refractivity contribution in [3.63, 3.8) is 0 Å².